The van der Waals surface area contributed by atoms with Crippen LogP contribution in [-0.2, 0) is 9.53 Å². The van der Waals surface area contributed by atoms with Gasteiger partial charge in [-0.05, 0) is 42.7 Å². The Labute approximate surface area is 181 Å². The second-order valence-corrected chi connectivity index (χ2v) is 8.65. The van der Waals surface area contributed by atoms with Gasteiger partial charge in [-0.2, -0.15) is 0 Å². The Morgan fingerprint density at radius 1 is 1.00 bits per heavy atom. The summed E-state index contributed by atoms with van der Waals surface area (Å²) in [5.41, 5.74) is 1.53. The van der Waals surface area contributed by atoms with Crippen LogP contribution < -0.4 is 4.90 Å². The van der Waals surface area contributed by atoms with E-state index in [2.05, 4.69) is 28.1 Å². The number of hydrogen-bond acceptors (Lipinski definition) is 5. The van der Waals surface area contributed by atoms with Gasteiger partial charge in [-0.1, -0.05) is 30.3 Å². The predicted octanol–water partition coefficient (Wildman–Crippen LogP) is 4.40. The summed E-state index contributed by atoms with van der Waals surface area (Å²) in [6.07, 6.45) is 6.65. The molecule has 0 bridgehead atoms. The molecule has 6 nitrogen and oxygen atoms in total. The van der Waals surface area contributed by atoms with Crippen LogP contribution >= 0.6 is 0 Å². The third-order valence-corrected chi connectivity index (χ3v) is 6.95. The average Bonchev–Trinajstić information content (AvgIpc) is 3.55. The number of benzene rings is 1. The molecule has 3 saturated heterocycles. The van der Waals surface area contributed by atoms with E-state index in [-0.39, 0.29) is 18.2 Å². The zero-order chi connectivity index (χ0) is 20.8. The molecule has 1 amide bonds. The first kappa shape index (κ1) is 18.6. The molecular weight excluding hydrogens is 390 g/mol. The van der Waals surface area contributed by atoms with Crippen molar-refractivity contribution in [1.82, 2.24) is 9.88 Å². The Hall–Kier alpha value is -3.12. The van der Waals surface area contributed by atoms with Crippen molar-refractivity contribution in [2.45, 2.75) is 43.6 Å². The number of fused-ring (bicyclic) bond motifs is 1. The average molecular weight is 415 g/mol. The molecular formula is C25H25N3O3. The highest BCUT2D eigenvalue weighted by atomic mass is 16.6. The van der Waals surface area contributed by atoms with Gasteiger partial charge in [0.15, 0.2) is 5.60 Å². The van der Waals surface area contributed by atoms with Gasteiger partial charge in [0.05, 0.1) is 12.3 Å². The number of furan rings is 1. The maximum atomic E-state index is 13.6. The summed E-state index contributed by atoms with van der Waals surface area (Å²) in [6.45, 7) is 1.49. The van der Waals surface area contributed by atoms with E-state index in [4.69, 9.17) is 9.15 Å². The third kappa shape index (κ3) is 3.05. The van der Waals surface area contributed by atoms with E-state index in [1.165, 1.54) is 5.56 Å². The predicted molar refractivity (Wildman–Crippen MR) is 116 cm³/mol. The minimum absolute atomic E-state index is 0.0929. The molecule has 158 valence electrons. The molecule has 5 heterocycles. The van der Waals surface area contributed by atoms with Crippen LogP contribution in [0.1, 0.15) is 37.3 Å². The van der Waals surface area contributed by atoms with E-state index >= 15 is 0 Å². The molecule has 3 aliphatic rings. The topological polar surface area (TPSA) is 58.8 Å². The lowest BCUT2D eigenvalue weighted by atomic mass is 9.89. The molecule has 1 spiro atoms. The number of amides is 1. The fourth-order valence-corrected chi connectivity index (χ4v) is 5.33. The van der Waals surface area contributed by atoms with Crippen LogP contribution in [-0.4, -0.2) is 40.7 Å². The van der Waals surface area contributed by atoms with Crippen LogP contribution in [0.2, 0.25) is 0 Å². The normalized spacial score (nSPS) is 24.7. The van der Waals surface area contributed by atoms with Crippen molar-refractivity contribution >= 4 is 11.7 Å². The summed E-state index contributed by atoms with van der Waals surface area (Å²) >= 11 is 0. The van der Waals surface area contributed by atoms with Crippen LogP contribution in [0.5, 0.6) is 0 Å². The Morgan fingerprint density at radius 2 is 1.84 bits per heavy atom. The van der Waals surface area contributed by atoms with E-state index in [9.17, 15) is 4.79 Å². The van der Waals surface area contributed by atoms with Gasteiger partial charge in [0.25, 0.3) is 5.91 Å². The van der Waals surface area contributed by atoms with Gasteiger partial charge in [-0.25, -0.2) is 4.98 Å². The van der Waals surface area contributed by atoms with Gasteiger partial charge in [-0.3, -0.25) is 4.79 Å². The van der Waals surface area contributed by atoms with Crippen LogP contribution in [0.25, 0.3) is 11.3 Å². The standard InChI is InChI=1S/C25H25N3O3/c29-24-25(31-23-9-8-20(28(23)24)18-5-2-1-3-6-18)11-14-27(15-12-25)22-17-19(10-13-26-22)21-7-4-16-30-21/h1-7,10,13,16-17,20,23H,8-9,11-12,14-15H2. The summed E-state index contributed by atoms with van der Waals surface area (Å²) < 4.78 is 12.0. The number of rotatable bonds is 3. The highest BCUT2D eigenvalue weighted by molar-refractivity contribution is 5.88. The first-order chi connectivity index (χ1) is 15.2. The Morgan fingerprint density at radius 3 is 2.61 bits per heavy atom. The Bertz CT molecular complexity index is 1070. The number of aromatic nitrogens is 1. The fourth-order valence-electron chi connectivity index (χ4n) is 5.33. The molecule has 2 unspecified atom stereocenters. The highest BCUT2D eigenvalue weighted by Gasteiger charge is 2.57. The quantitative estimate of drug-likeness (QED) is 0.635. The van der Waals surface area contributed by atoms with Gasteiger partial charge in [-0.15, -0.1) is 0 Å². The molecule has 1 aromatic carbocycles. The SMILES string of the molecule is O=C1N2C(CCC2c2ccccc2)OC12CCN(c1cc(-c3ccco3)ccn1)CC2. The van der Waals surface area contributed by atoms with Gasteiger partial charge >= 0.3 is 0 Å². The second-order valence-electron chi connectivity index (χ2n) is 8.65. The summed E-state index contributed by atoms with van der Waals surface area (Å²) in [5, 5.41) is 0. The van der Waals surface area contributed by atoms with E-state index in [1.807, 2.05) is 47.5 Å². The van der Waals surface area contributed by atoms with Gasteiger partial charge in [0.1, 0.15) is 17.8 Å². The number of carbonyl (C=O) groups is 1. The first-order valence-corrected chi connectivity index (χ1v) is 11.0. The van der Waals surface area contributed by atoms with E-state index in [0.717, 1.165) is 43.1 Å². The molecule has 3 fully saturated rings. The Kier molecular flexibility index (Phi) is 4.35. The number of anilines is 1. The first-order valence-electron chi connectivity index (χ1n) is 11.0. The van der Waals surface area contributed by atoms with Crippen molar-refractivity contribution in [1.29, 1.82) is 0 Å². The Balaban J connectivity index is 1.19. The maximum absolute atomic E-state index is 13.6. The van der Waals surface area contributed by atoms with E-state index in [0.29, 0.717) is 12.8 Å². The molecule has 3 aromatic rings. The zero-order valence-electron chi connectivity index (χ0n) is 17.3. The van der Waals surface area contributed by atoms with Crippen molar-refractivity contribution < 1.29 is 13.9 Å². The van der Waals surface area contributed by atoms with E-state index < -0.39 is 5.60 Å². The van der Waals surface area contributed by atoms with Gasteiger partial charge in [0, 0.05) is 37.7 Å². The summed E-state index contributed by atoms with van der Waals surface area (Å²) in [7, 11) is 0. The van der Waals surface area contributed by atoms with Crippen molar-refractivity contribution in [3.8, 4) is 11.3 Å². The van der Waals surface area contributed by atoms with Crippen LogP contribution in [0.3, 0.4) is 0 Å². The van der Waals surface area contributed by atoms with Gasteiger partial charge < -0.3 is 19.0 Å². The van der Waals surface area contributed by atoms with Crippen LogP contribution in [0.15, 0.2) is 71.5 Å². The molecule has 0 N–H and O–H groups in total. The molecule has 0 saturated carbocycles. The van der Waals surface area contributed by atoms with E-state index in [1.54, 1.807) is 6.26 Å². The fraction of sp³-hybridized carbons (Fsp3) is 0.360. The summed E-state index contributed by atoms with van der Waals surface area (Å²) in [5.74, 6) is 1.91. The van der Waals surface area contributed by atoms with Crippen molar-refractivity contribution in [2.24, 2.45) is 0 Å². The lowest BCUT2D eigenvalue weighted by Gasteiger charge is -2.38. The largest absolute Gasteiger partial charge is 0.464 e. The molecule has 0 radical (unpaired) electrons. The molecule has 3 aliphatic heterocycles. The lowest BCUT2D eigenvalue weighted by Crippen LogP contribution is -2.50. The molecule has 2 atom stereocenters. The maximum Gasteiger partial charge on any atom is 0.257 e. The molecule has 0 aliphatic carbocycles. The summed E-state index contributed by atoms with van der Waals surface area (Å²) in [4.78, 5) is 22.4. The molecule has 6 rings (SSSR count). The lowest BCUT2D eigenvalue weighted by molar-refractivity contribution is -0.140. The van der Waals surface area contributed by atoms with Crippen LogP contribution in [0, 0.1) is 0 Å². The minimum Gasteiger partial charge on any atom is -0.464 e. The van der Waals surface area contributed by atoms with Crippen molar-refractivity contribution in [3.05, 3.63) is 72.6 Å². The number of nitrogens with zero attached hydrogens (tertiary/aromatic N) is 3. The minimum atomic E-state index is -0.687. The number of pyridine rings is 1. The number of carbonyl (C=O) groups excluding carboxylic acids is 1. The highest BCUT2D eigenvalue weighted by Crippen LogP contribution is 2.47. The summed E-state index contributed by atoms with van der Waals surface area (Å²) in [6, 6.07) is 18.3. The smallest absolute Gasteiger partial charge is 0.257 e. The molecule has 6 heteroatoms. The monoisotopic (exact) mass is 415 g/mol. The van der Waals surface area contributed by atoms with Gasteiger partial charge in [0.2, 0.25) is 0 Å². The number of piperidine rings is 1. The zero-order valence-corrected chi connectivity index (χ0v) is 17.3. The number of ether oxygens (including phenoxy) is 1. The second kappa shape index (κ2) is 7.24. The van der Waals surface area contributed by atoms with Crippen molar-refractivity contribution in [3.63, 3.8) is 0 Å². The van der Waals surface area contributed by atoms with Crippen molar-refractivity contribution in [2.75, 3.05) is 18.0 Å². The van der Waals surface area contributed by atoms with Crippen LogP contribution in [0.4, 0.5) is 5.82 Å². The third-order valence-electron chi connectivity index (χ3n) is 6.95. The molecule has 2 aromatic heterocycles. The number of hydrogen-bond donors (Lipinski definition) is 0. The molecule has 31 heavy (non-hydrogen) atoms.